The largest absolute Gasteiger partial charge is 0.435 e. The fourth-order valence-electron chi connectivity index (χ4n) is 6.97. The highest BCUT2D eigenvalue weighted by Crippen LogP contribution is 2.60. The number of aryl methyl sites for hydroxylation is 1. The molecule has 1 amide bonds. The second-order valence-electron chi connectivity index (χ2n) is 13.6. The minimum atomic E-state index is -5.08. The molecule has 3 atom stereocenters. The summed E-state index contributed by atoms with van der Waals surface area (Å²) < 4.78 is 104. The van der Waals surface area contributed by atoms with Crippen LogP contribution in [-0.2, 0) is 36.9 Å². The standard InChI is InChI=1S/C37H30F7N7O2/c1-35(2,53)12-11-21-7-8-22(23-5-4-6-25-31(23)50(3)49-34(25)45)30(46-21)27(15-18-13-19(38)16-20(39)14-18)47-28(52)17-51-33-29(32(48-51)37(42,43)44)24-9-10-26(24)36(33,40)41/h4-10,13-14,16,24,26-27,53H,15,17H2,1-3H3,(H2,45,49)(H,47,52)/t24-,26+,27-/m0/s1. The van der Waals surface area contributed by atoms with Crippen LogP contribution in [-0.4, -0.2) is 41.2 Å². The minimum Gasteiger partial charge on any atom is -0.382 e. The normalized spacial score (nSPS) is 17.9. The van der Waals surface area contributed by atoms with E-state index in [4.69, 9.17) is 10.7 Å². The molecule has 0 saturated carbocycles. The maximum absolute atomic E-state index is 15.5. The molecule has 9 nitrogen and oxygen atoms in total. The molecule has 0 unspecified atom stereocenters. The number of anilines is 1. The Morgan fingerprint density at radius 3 is 2.42 bits per heavy atom. The Morgan fingerprint density at radius 1 is 1.06 bits per heavy atom. The SMILES string of the molecule is Cn1nc(N)c2cccc(-c3ccc(C#CC(C)(C)O)nc3[C@H](Cc3cc(F)cc(F)c3)NC(=O)Cn3nc(C(F)(F)F)c4c3C(F)(F)[C@@H]3C=C[C@H]43)c21. The van der Waals surface area contributed by atoms with E-state index in [-0.39, 0.29) is 29.2 Å². The summed E-state index contributed by atoms with van der Waals surface area (Å²) in [5.41, 5.74) is 3.25. The first-order chi connectivity index (χ1) is 24.8. The van der Waals surface area contributed by atoms with Gasteiger partial charge in [-0.25, -0.2) is 13.8 Å². The van der Waals surface area contributed by atoms with Gasteiger partial charge < -0.3 is 16.2 Å². The quantitative estimate of drug-likeness (QED) is 0.102. The van der Waals surface area contributed by atoms with Crippen LogP contribution in [0.4, 0.5) is 36.6 Å². The first-order valence-electron chi connectivity index (χ1n) is 16.3. The number of allylic oxidation sites excluding steroid dienone is 2. The zero-order valence-electron chi connectivity index (χ0n) is 28.2. The van der Waals surface area contributed by atoms with Gasteiger partial charge in [-0.3, -0.25) is 14.2 Å². The Kier molecular flexibility index (Phi) is 8.40. The van der Waals surface area contributed by atoms with Crippen LogP contribution < -0.4 is 11.1 Å². The van der Waals surface area contributed by atoms with Gasteiger partial charge in [-0.2, -0.15) is 32.1 Å². The number of halogens is 7. The predicted octanol–water partition coefficient (Wildman–Crippen LogP) is 6.31. The third-order valence-corrected chi connectivity index (χ3v) is 9.16. The van der Waals surface area contributed by atoms with Crippen LogP contribution in [0.15, 0.2) is 60.7 Å². The third-order valence-electron chi connectivity index (χ3n) is 9.16. The number of nitrogens with one attached hydrogen (secondary N) is 1. The summed E-state index contributed by atoms with van der Waals surface area (Å²) in [7, 11) is 1.66. The van der Waals surface area contributed by atoms with Crippen molar-refractivity contribution in [3.63, 3.8) is 0 Å². The fourth-order valence-corrected chi connectivity index (χ4v) is 6.97. The summed E-state index contributed by atoms with van der Waals surface area (Å²) in [6, 6.07) is 9.77. The highest BCUT2D eigenvalue weighted by Gasteiger charge is 2.61. The van der Waals surface area contributed by atoms with Crippen molar-refractivity contribution in [1.82, 2.24) is 29.9 Å². The number of aliphatic hydroxyl groups is 1. The number of amides is 1. The zero-order valence-corrected chi connectivity index (χ0v) is 28.2. The van der Waals surface area contributed by atoms with Gasteiger partial charge in [0.25, 0.3) is 5.92 Å². The van der Waals surface area contributed by atoms with Crippen LogP contribution >= 0.6 is 0 Å². The lowest BCUT2D eigenvalue weighted by molar-refractivity contribution is -0.142. The molecule has 2 aliphatic carbocycles. The van der Waals surface area contributed by atoms with Crippen LogP contribution in [0.3, 0.4) is 0 Å². The molecule has 2 aromatic carbocycles. The van der Waals surface area contributed by atoms with Crippen LogP contribution in [0, 0.1) is 29.4 Å². The van der Waals surface area contributed by atoms with Gasteiger partial charge in [0, 0.05) is 41.1 Å². The summed E-state index contributed by atoms with van der Waals surface area (Å²) in [5, 5.41) is 21.2. The van der Waals surface area contributed by atoms with Gasteiger partial charge in [0.05, 0.1) is 23.2 Å². The third kappa shape index (κ3) is 6.50. The Hall–Kier alpha value is -5.69. The number of alkyl halides is 5. The van der Waals surface area contributed by atoms with Crippen LogP contribution in [0.25, 0.3) is 22.0 Å². The summed E-state index contributed by atoms with van der Waals surface area (Å²) in [5.74, 6) is -3.72. The second-order valence-corrected chi connectivity index (χ2v) is 13.6. The van der Waals surface area contributed by atoms with Crippen molar-refractivity contribution in [2.75, 3.05) is 5.73 Å². The van der Waals surface area contributed by atoms with Gasteiger partial charge in [0.2, 0.25) is 5.91 Å². The lowest BCUT2D eigenvalue weighted by Crippen LogP contribution is -2.36. The summed E-state index contributed by atoms with van der Waals surface area (Å²) >= 11 is 0. The van der Waals surface area contributed by atoms with Crippen molar-refractivity contribution in [3.8, 4) is 23.0 Å². The molecule has 3 aromatic heterocycles. The van der Waals surface area contributed by atoms with Gasteiger partial charge in [-0.05, 0) is 62.1 Å². The number of aromatic nitrogens is 5. The van der Waals surface area contributed by atoms with Gasteiger partial charge in [-0.1, -0.05) is 30.2 Å². The molecule has 5 aromatic rings. The number of nitrogen functional groups attached to an aromatic ring is 1. The number of fused-ring (bicyclic) bond motifs is 4. The van der Waals surface area contributed by atoms with Gasteiger partial charge >= 0.3 is 6.18 Å². The molecule has 0 spiro atoms. The van der Waals surface area contributed by atoms with Crippen molar-refractivity contribution in [1.29, 1.82) is 0 Å². The number of carbonyl (C=O) groups is 1. The number of nitrogens with zero attached hydrogens (tertiary/aromatic N) is 5. The molecule has 0 bridgehead atoms. The number of carbonyl (C=O) groups excluding carboxylic acids is 1. The lowest BCUT2D eigenvalue weighted by atomic mass is 9.81. The van der Waals surface area contributed by atoms with Crippen molar-refractivity contribution >= 4 is 22.6 Å². The number of rotatable bonds is 7. The van der Waals surface area contributed by atoms with E-state index in [9.17, 15) is 31.9 Å². The molecule has 16 heteroatoms. The van der Waals surface area contributed by atoms with E-state index >= 15 is 8.78 Å². The first kappa shape index (κ1) is 35.7. The van der Waals surface area contributed by atoms with Crippen molar-refractivity contribution in [2.45, 2.75) is 56.5 Å². The Labute approximate surface area is 297 Å². The van der Waals surface area contributed by atoms with Gasteiger partial charge in [-0.15, -0.1) is 0 Å². The van der Waals surface area contributed by atoms with E-state index in [2.05, 4.69) is 27.4 Å². The van der Waals surface area contributed by atoms with E-state index < -0.39 is 76.6 Å². The molecule has 7 rings (SSSR count). The molecule has 53 heavy (non-hydrogen) atoms. The molecule has 0 aliphatic heterocycles. The number of hydrogen-bond acceptors (Lipinski definition) is 6. The zero-order chi connectivity index (χ0) is 38.2. The number of hydrogen-bond donors (Lipinski definition) is 3. The van der Waals surface area contributed by atoms with Crippen molar-refractivity contribution in [2.24, 2.45) is 13.0 Å². The molecule has 0 saturated heterocycles. The van der Waals surface area contributed by atoms with Crippen LogP contribution in [0.2, 0.25) is 0 Å². The maximum Gasteiger partial charge on any atom is 0.435 e. The second kappa shape index (κ2) is 12.5. The van der Waals surface area contributed by atoms with Crippen molar-refractivity contribution in [3.05, 3.63) is 106 Å². The maximum atomic E-state index is 15.5. The number of benzene rings is 2. The van der Waals surface area contributed by atoms with Crippen LogP contribution in [0.5, 0.6) is 0 Å². The number of para-hydroxylation sites is 1. The van der Waals surface area contributed by atoms with Gasteiger partial charge in [0.15, 0.2) is 11.5 Å². The fraction of sp³-hybridized carbons (Fsp3) is 0.297. The molecular weight excluding hydrogens is 707 g/mol. The molecule has 4 N–H and O–H groups in total. The first-order valence-corrected chi connectivity index (χ1v) is 16.3. The van der Waals surface area contributed by atoms with E-state index in [1.54, 1.807) is 37.4 Å². The average molecular weight is 738 g/mol. The van der Waals surface area contributed by atoms with Crippen molar-refractivity contribution < 1.29 is 40.6 Å². The van der Waals surface area contributed by atoms with E-state index in [0.29, 0.717) is 32.8 Å². The van der Waals surface area contributed by atoms with E-state index in [1.807, 2.05) is 0 Å². The Morgan fingerprint density at radius 2 is 1.77 bits per heavy atom. The minimum absolute atomic E-state index is 0.0602. The smallest absolute Gasteiger partial charge is 0.382 e. The predicted molar refractivity (Wildman–Crippen MR) is 179 cm³/mol. The number of pyridine rings is 1. The highest BCUT2D eigenvalue weighted by atomic mass is 19.4. The monoisotopic (exact) mass is 737 g/mol. The molecule has 274 valence electrons. The summed E-state index contributed by atoms with van der Waals surface area (Å²) in [6.45, 7) is 1.85. The summed E-state index contributed by atoms with van der Waals surface area (Å²) in [6.07, 6.45) is -3.02. The Balaban J connectivity index is 1.36. The van der Waals surface area contributed by atoms with Crippen LogP contribution in [0.1, 0.15) is 59.7 Å². The molecule has 3 heterocycles. The average Bonchev–Trinajstić information content (AvgIpc) is 3.59. The topological polar surface area (TPSA) is 124 Å². The number of nitrogens with two attached hydrogens (primary N) is 1. The van der Waals surface area contributed by atoms with Gasteiger partial charge in [0.1, 0.15) is 35.2 Å². The Bertz CT molecular complexity index is 2380. The summed E-state index contributed by atoms with van der Waals surface area (Å²) in [4.78, 5) is 18.5. The molecule has 0 fully saturated rings. The van der Waals surface area contributed by atoms with E-state index in [0.717, 1.165) is 18.2 Å². The molecule has 0 radical (unpaired) electrons. The lowest BCUT2D eigenvalue weighted by Gasteiger charge is -2.27. The highest BCUT2D eigenvalue weighted by molar-refractivity contribution is 6.00. The molecular formula is C37H30F7N7O2. The molecule has 2 aliphatic rings. The van der Waals surface area contributed by atoms with E-state index in [1.165, 1.54) is 24.6 Å².